The number of hydrogen-bond donors (Lipinski definition) is 0. The summed E-state index contributed by atoms with van der Waals surface area (Å²) in [5, 5.41) is 0. The fourth-order valence-electron chi connectivity index (χ4n) is 12.5. The van der Waals surface area contributed by atoms with Gasteiger partial charge in [0.15, 0.2) is 57.9 Å². The smallest absolute Gasteiger partial charge is 0.164 e. The summed E-state index contributed by atoms with van der Waals surface area (Å²) in [7, 11) is 0. The SMILES string of the molecule is c1ccc(-c2cccc(-c3nc(-c4ccccc4)nc(-c4ccc(N5c6ccccc6Oc6c(-c7cccc(-c8cc(-c9ccccc9)cc(-c9nc(-c%10ccccc%10)nc(-c%10ccc(N%11c%12ccccc%12Oc%12ccccc%12%11)cc%10)n9)c8)c7)cccc65)cc4)n3)c2)cc1. The largest absolute Gasteiger partial charge is 0.453 e. The van der Waals surface area contributed by atoms with Crippen LogP contribution in [-0.2, 0) is 0 Å². The Morgan fingerprint density at radius 2 is 0.489 bits per heavy atom. The van der Waals surface area contributed by atoms with Crippen LogP contribution in [0, 0.1) is 0 Å². The van der Waals surface area contributed by atoms with Crippen molar-refractivity contribution in [3.8, 4) is 136 Å². The molecule has 0 saturated carbocycles. The summed E-state index contributed by atoms with van der Waals surface area (Å²) >= 11 is 0. The van der Waals surface area contributed by atoms with Gasteiger partial charge >= 0.3 is 0 Å². The van der Waals surface area contributed by atoms with Gasteiger partial charge in [-0.2, -0.15) is 0 Å². The molecule has 442 valence electrons. The van der Waals surface area contributed by atoms with E-state index in [0.29, 0.717) is 34.9 Å². The normalized spacial score (nSPS) is 12.0. The van der Waals surface area contributed by atoms with Crippen LogP contribution in [0.25, 0.3) is 113 Å². The second kappa shape index (κ2) is 23.8. The Kier molecular flexibility index (Phi) is 14.0. The molecule has 15 aromatic rings. The molecule has 2 aliphatic heterocycles. The zero-order chi connectivity index (χ0) is 62.3. The molecule has 0 saturated heterocycles. The molecule has 13 aromatic carbocycles. The number of para-hydroxylation sites is 7. The Labute approximate surface area is 543 Å². The highest BCUT2D eigenvalue weighted by Gasteiger charge is 2.30. The first-order valence-corrected chi connectivity index (χ1v) is 31.2. The average molecular weight is 1210 g/mol. The Morgan fingerprint density at radius 3 is 0.989 bits per heavy atom. The van der Waals surface area contributed by atoms with E-state index in [2.05, 4.69) is 210 Å². The zero-order valence-corrected chi connectivity index (χ0v) is 50.6. The van der Waals surface area contributed by atoms with Crippen molar-refractivity contribution in [3.05, 3.63) is 328 Å². The number of benzene rings is 13. The highest BCUT2D eigenvalue weighted by molar-refractivity contribution is 5.93. The van der Waals surface area contributed by atoms with Gasteiger partial charge in [-0.1, -0.05) is 206 Å². The van der Waals surface area contributed by atoms with Crippen LogP contribution in [0.3, 0.4) is 0 Å². The third kappa shape index (κ3) is 10.5. The van der Waals surface area contributed by atoms with Crippen LogP contribution < -0.4 is 19.3 Å². The molecule has 10 heteroatoms. The van der Waals surface area contributed by atoms with Crippen LogP contribution >= 0.6 is 0 Å². The molecule has 2 aliphatic rings. The van der Waals surface area contributed by atoms with Gasteiger partial charge in [0, 0.05) is 50.3 Å². The van der Waals surface area contributed by atoms with Gasteiger partial charge < -0.3 is 19.3 Å². The molecule has 0 atom stereocenters. The van der Waals surface area contributed by atoms with Crippen molar-refractivity contribution in [1.82, 2.24) is 29.9 Å². The molecule has 0 aliphatic carbocycles. The van der Waals surface area contributed by atoms with E-state index in [0.717, 1.165) is 135 Å². The standard InChI is InChI=1S/C84H54N8O2/c1-5-22-55(23-6-1)61-30-20-33-64(51-61)83-87-79(57-26-9-3-10-27-57)85-81(88-83)59-44-48-69(49-45-59)92-73-37-15-18-41-77(73)94-78-70(34-21-38-74(78)92)63-32-19-31-62(50-63)66-52-65(56-24-7-2-8-25-56)53-67(54-66)84-89-80(58-28-11-4-12-29-58)86-82(90-84)60-42-46-68(47-43-60)91-71-35-13-16-39-75(71)93-76-40-17-14-36-72(76)91/h1-54H. The summed E-state index contributed by atoms with van der Waals surface area (Å²) in [5.74, 6) is 6.53. The summed E-state index contributed by atoms with van der Waals surface area (Å²) in [4.78, 5) is 35.6. The van der Waals surface area contributed by atoms with Crippen molar-refractivity contribution >= 4 is 34.1 Å². The number of nitrogens with zero attached hydrogens (tertiary/aromatic N) is 8. The predicted octanol–water partition coefficient (Wildman–Crippen LogP) is 21.9. The van der Waals surface area contributed by atoms with Gasteiger partial charge in [0.25, 0.3) is 0 Å². The molecule has 0 radical (unpaired) electrons. The van der Waals surface area contributed by atoms with Gasteiger partial charge in [-0.15, -0.1) is 0 Å². The van der Waals surface area contributed by atoms with E-state index in [1.165, 1.54) is 0 Å². The van der Waals surface area contributed by atoms with Crippen LogP contribution in [0.2, 0.25) is 0 Å². The second-order valence-corrected chi connectivity index (χ2v) is 23.1. The van der Waals surface area contributed by atoms with Crippen molar-refractivity contribution < 1.29 is 9.47 Å². The average Bonchev–Trinajstić information content (AvgIpc) is 0.766. The number of ether oxygens (including phenoxy) is 2. The van der Waals surface area contributed by atoms with Gasteiger partial charge in [-0.25, -0.2) is 29.9 Å². The van der Waals surface area contributed by atoms with Crippen LogP contribution in [-0.4, -0.2) is 29.9 Å². The minimum absolute atomic E-state index is 0.552. The molecule has 4 heterocycles. The van der Waals surface area contributed by atoms with Crippen molar-refractivity contribution in [3.63, 3.8) is 0 Å². The van der Waals surface area contributed by atoms with Crippen LogP contribution in [0.1, 0.15) is 0 Å². The Morgan fingerprint density at radius 1 is 0.191 bits per heavy atom. The molecule has 2 aromatic heterocycles. The van der Waals surface area contributed by atoms with Gasteiger partial charge in [0.2, 0.25) is 0 Å². The van der Waals surface area contributed by atoms with E-state index in [9.17, 15) is 0 Å². The summed E-state index contributed by atoms with van der Waals surface area (Å²) in [6.07, 6.45) is 0. The molecule has 0 N–H and O–H groups in total. The summed E-state index contributed by atoms with van der Waals surface area (Å²) in [5.41, 5.74) is 19.2. The molecule has 0 bridgehead atoms. The highest BCUT2D eigenvalue weighted by Crippen LogP contribution is 2.55. The molecule has 0 fully saturated rings. The minimum atomic E-state index is 0.552. The van der Waals surface area contributed by atoms with Crippen LogP contribution in [0.5, 0.6) is 23.0 Å². The van der Waals surface area contributed by atoms with Crippen LogP contribution in [0.4, 0.5) is 34.1 Å². The predicted molar refractivity (Wildman–Crippen MR) is 377 cm³/mol. The Bertz CT molecular complexity index is 5280. The van der Waals surface area contributed by atoms with E-state index >= 15 is 0 Å². The third-order valence-corrected chi connectivity index (χ3v) is 17.1. The molecular formula is C84H54N8O2. The Hall–Kier alpha value is -12.9. The van der Waals surface area contributed by atoms with Gasteiger partial charge in [-0.3, -0.25) is 0 Å². The number of rotatable bonds is 12. The zero-order valence-electron chi connectivity index (χ0n) is 50.6. The highest BCUT2D eigenvalue weighted by atomic mass is 16.5. The van der Waals surface area contributed by atoms with Gasteiger partial charge in [0.1, 0.15) is 0 Å². The summed E-state index contributed by atoms with van der Waals surface area (Å²) in [6, 6.07) is 112. The molecule has 17 rings (SSSR count). The third-order valence-electron chi connectivity index (χ3n) is 17.1. The van der Waals surface area contributed by atoms with E-state index in [-0.39, 0.29) is 0 Å². The molecule has 0 amide bonds. The summed E-state index contributed by atoms with van der Waals surface area (Å²) in [6.45, 7) is 0. The maximum Gasteiger partial charge on any atom is 0.164 e. The first kappa shape index (κ1) is 55.2. The number of aromatic nitrogens is 6. The van der Waals surface area contributed by atoms with E-state index in [1.54, 1.807) is 0 Å². The second-order valence-electron chi connectivity index (χ2n) is 23.1. The molecule has 0 spiro atoms. The summed E-state index contributed by atoms with van der Waals surface area (Å²) < 4.78 is 13.4. The quantitative estimate of drug-likeness (QED) is 0.117. The number of anilines is 6. The maximum atomic E-state index is 7.02. The number of fused-ring (bicyclic) bond motifs is 4. The Balaban J connectivity index is 0.731. The van der Waals surface area contributed by atoms with Crippen molar-refractivity contribution in [2.24, 2.45) is 0 Å². The molecule has 0 unspecified atom stereocenters. The first-order chi connectivity index (χ1) is 46.5. The van der Waals surface area contributed by atoms with Crippen molar-refractivity contribution in [2.45, 2.75) is 0 Å². The number of hydrogen-bond acceptors (Lipinski definition) is 10. The van der Waals surface area contributed by atoms with Crippen molar-refractivity contribution in [2.75, 3.05) is 9.80 Å². The maximum absolute atomic E-state index is 7.02. The molecular weight excluding hydrogens is 1150 g/mol. The molecule has 94 heavy (non-hydrogen) atoms. The lowest BCUT2D eigenvalue weighted by Crippen LogP contribution is -2.16. The fourth-order valence-corrected chi connectivity index (χ4v) is 12.5. The molecule has 10 nitrogen and oxygen atoms in total. The van der Waals surface area contributed by atoms with Gasteiger partial charge in [-0.05, 0) is 160 Å². The lowest BCUT2D eigenvalue weighted by atomic mass is 9.93. The lowest BCUT2D eigenvalue weighted by Gasteiger charge is -2.34. The monoisotopic (exact) mass is 1210 g/mol. The topological polar surface area (TPSA) is 102 Å². The van der Waals surface area contributed by atoms with E-state index < -0.39 is 0 Å². The fraction of sp³-hybridized carbons (Fsp3) is 0. The minimum Gasteiger partial charge on any atom is -0.453 e. The van der Waals surface area contributed by atoms with E-state index in [1.807, 2.05) is 127 Å². The van der Waals surface area contributed by atoms with E-state index in [4.69, 9.17) is 39.4 Å². The van der Waals surface area contributed by atoms with Gasteiger partial charge in [0.05, 0.1) is 22.7 Å². The lowest BCUT2D eigenvalue weighted by molar-refractivity contribution is 0.477. The van der Waals surface area contributed by atoms with Crippen molar-refractivity contribution in [1.29, 1.82) is 0 Å². The van der Waals surface area contributed by atoms with Crippen LogP contribution in [0.15, 0.2) is 328 Å². The first-order valence-electron chi connectivity index (χ1n) is 31.2.